The molecule has 0 spiro atoms. The molecule has 1 aromatic heterocycles. The Hall–Kier alpha value is -1.27. The lowest BCUT2D eigenvalue weighted by atomic mass is 10.1. The lowest BCUT2D eigenvalue weighted by Gasteiger charge is -2.01. The van der Waals surface area contributed by atoms with E-state index in [9.17, 15) is 17.3 Å². The minimum atomic E-state index is -6.00. The third kappa shape index (κ3) is 17.1. The quantitative estimate of drug-likeness (QED) is 0.250. The number of hydrogen-bond donors (Lipinski definition) is 1. The third-order valence-corrected chi connectivity index (χ3v) is 3.63. The van der Waals surface area contributed by atoms with Crippen molar-refractivity contribution in [1.29, 1.82) is 0 Å². The van der Waals surface area contributed by atoms with Crippen molar-refractivity contribution in [2.24, 2.45) is 0 Å². The summed E-state index contributed by atoms with van der Waals surface area (Å²) in [6.07, 6.45) is 18.7. The zero-order valence-electron chi connectivity index (χ0n) is 14.7. The highest BCUT2D eigenvalue weighted by Crippen LogP contribution is 2.12. The number of hydrogen-bond acceptors (Lipinski definition) is 1. The Balaban J connectivity index is 0.000000922. The van der Waals surface area contributed by atoms with E-state index in [-0.39, 0.29) is 0 Å². The fraction of sp³-hybridized carbons (Fsp3) is 0.706. The summed E-state index contributed by atoms with van der Waals surface area (Å²) in [5.41, 5.74) is 1.18. The summed E-state index contributed by atoms with van der Waals surface area (Å²) in [5.74, 6) is 0.891. The second-order valence-corrected chi connectivity index (χ2v) is 5.91. The van der Waals surface area contributed by atoms with Crippen LogP contribution in [0, 0.1) is 0 Å². The fourth-order valence-corrected chi connectivity index (χ4v) is 2.40. The zero-order valence-corrected chi connectivity index (χ0v) is 14.7. The highest BCUT2D eigenvalue weighted by Gasteiger charge is 2.20. The molecule has 2 nitrogen and oxygen atoms in total. The molecule has 0 radical (unpaired) electrons. The van der Waals surface area contributed by atoms with E-state index in [1.165, 1.54) is 69.9 Å². The van der Waals surface area contributed by atoms with Gasteiger partial charge in [-0.15, -0.1) is 0 Å². The second-order valence-electron chi connectivity index (χ2n) is 5.91. The van der Waals surface area contributed by atoms with Gasteiger partial charge in [-0.25, -0.2) is 4.98 Å². The summed E-state index contributed by atoms with van der Waals surface area (Å²) in [6, 6.07) is 0. The van der Waals surface area contributed by atoms with Crippen LogP contribution in [0.25, 0.3) is 6.08 Å². The van der Waals surface area contributed by atoms with Gasteiger partial charge < -0.3 is 22.2 Å². The number of unbranched alkanes of at least 4 members (excludes halogenated alkanes) is 9. The van der Waals surface area contributed by atoms with E-state index in [0.717, 1.165) is 12.2 Å². The molecule has 0 aromatic carbocycles. The van der Waals surface area contributed by atoms with Gasteiger partial charge in [0.2, 0.25) is 0 Å². The Bertz CT molecular complexity index is 413. The normalized spacial score (nSPS) is 11.0. The van der Waals surface area contributed by atoms with Gasteiger partial charge >= 0.3 is 7.25 Å². The van der Waals surface area contributed by atoms with Crippen molar-refractivity contribution >= 4 is 13.3 Å². The van der Waals surface area contributed by atoms with Crippen LogP contribution in [0.15, 0.2) is 12.8 Å². The number of halogens is 4. The van der Waals surface area contributed by atoms with E-state index in [1.54, 1.807) is 6.08 Å². The van der Waals surface area contributed by atoms with E-state index >= 15 is 0 Å². The van der Waals surface area contributed by atoms with Gasteiger partial charge in [0, 0.05) is 6.20 Å². The van der Waals surface area contributed by atoms with E-state index in [4.69, 9.17) is 0 Å². The highest BCUT2D eigenvalue weighted by molar-refractivity contribution is 6.50. The molecule has 7 heteroatoms. The maximum atomic E-state index is 9.75. The lowest BCUT2D eigenvalue weighted by Crippen LogP contribution is -2.02. The Morgan fingerprint density at radius 3 is 1.83 bits per heavy atom. The van der Waals surface area contributed by atoms with Crippen LogP contribution in [0.1, 0.15) is 82.7 Å². The van der Waals surface area contributed by atoms with Crippen molar-refractivity contribution in [1.82, 2.24) is 9.97 Å². The van der Waals surface area contributed by atoms with Crippen LogP contribution in [-0.2, 0) is 6.42 Å². The van der Waals surface area contributed by atoms with Gasteiger partial charge in [0.25, 0.3) is 0 Å². The van der Waals surface area contributed by atoms with Gasteiger partial charge in [-0.1, -0.05) is 71.3 Å². The molecule has 0 fully saturated rings. The maximum absolute atomic E-state index is 9.75. The zero-order chi connectivity index (χ0) is 18.3. The van der Waals surface area contributed by atoms with E-state index in [2.05, 4.69) is 23.5 Å². The Kier molecular flexibility index (Phi) is 13.4. The van der Waals surface area contributed by atoms with Crippen molar-refractivity contribution in [3.63, 3.8) is 0 Å². The van der Waals surface area contributed by atoms with Crippen molar-refractivity contribution in [3.05, 3.63) is 24.3 Å². The molecule has 0 amide bonds. The van der Waals surface area contributed by atoms with Crippen LogP contribution in [0.3, 0.4) is 0 Å². The fourth-order valence-electron chi connectivity index (χ4n) is 2.40. The highest BCUT2D eigenvalue weighted by atomic mass is 19.5. The first-order chi connectivity index (χ1) is 11.4. The summed E-state index contributed by atoms with van der Waals surface area (Å²) in [6.45, 7) is 5.98. The monoisotopic (exact) mass is 349 g/mol. The maximum Gasteiger partial charge on any atom is 0.673 e. The van der Waals surface area contributed by atoms with Gasteiger partial charge in [-0.05, 0) is 18.9 Å². The molecule has 1 aromatic rings. The summed E-state index contributed by atoms with van der Waals surface area (Å²) in [4.78, 5) is 7.54. The molecular formula is C17H30BF4N2-. The first-order valence-corrected chi connectivity index (χ1v) is 8.91. The van der Waals surface area contributed by atoms with Crippen LogP contribution < -0.4 is 0 Å². The molecule has 0 atom stereocenters. The largest absolute Gasteiger partial charge is 0.673 e. The predicted octanol–water partition coefficient (Wildman–Crippen LogP) is 6.82. The Labute approximate surface area is 143 Å². The summed E-state index contributed by atoms with van der Waals surface area (Å²) in [5, 5.41) is 0. The number of aryl methyl sites for hydroxylation is 1. The number of aromatic amines is 1. The van der Waals surface area contributed by atoms with Crippen LogP contribution in [0.5, 0.6) is 0 Å². The first-order valence-electron chi connectivity index (χ1n) is 8.91. The Morgan fingerprint density at radius 1 is 0.958 bits per heavy atom. The van der Waals surface area contributed by atoms with Crippen molar-refractivity contribution < 1.29 is 17.3 Å². The lowest BCUT2D eigenvalue weighted by molar-refractivity contribution is 0.368. The van der Waals surface area contributed by atoms with Crippen molar-refractivity contribution in [2.75, 3.05) is 0 Å². The van der Waals surface area contributed by atoms with E-state index in [0.29, 0.717) is 0 Å². The average Bonchev–Trinajstić information content (AvgIpc) is 2.95. The number of H-pyrrole nitrogens is 1. The molecular weight excluding hydrogens is 319 g/mol. The second kappa shape index (κ2) is 14.1. The Morgan fingerprint density at radius 2 is 1.42 bits per heavy atom. The minimum Gasteiger partial charge on any atom is -0.418 e. The van der Waals surface area contributed by atoms with Gasteiger partial charge in [-0.3, -0.25) is 0 Å². The molecule has 0 saturated carbocycles. The van der Waals surface area contributed by atoms with Crippen LogP contribution in [0.4, 0.5) is 17.3 Å². The predicted molar refractivity (Wildman–Crippen MR) is 94.4 cm³/mol. The molecule has 140 valence electrons. The van der Waals surface area contributed by atoms with Gasteiger partial charge in [0.15, 0.2) is 0 Å². The summed E-state index contributed by atoms with van der Waals surface area (Å²) in [7, 11) is -6.00. The minimum absolute atomic E-state index is 0.891. The molecule has 0 aliphatic rings. The standard InChI is InChI=1S/C17H30N2.BF4/c1-3-5-6-7-8-9-10-11-12-13-14-16-15-18-17(4-2)19-16;2-1(3,4)5/h4,15H,2-3,5-14H2,1H3,(H,18,19);/q;-1. The van der Waals surface area contributed by atoms with Crippen LogP contribution in [-0.4, -0.2) is 17.2 Å². The van der Waals surface area contributed by atoms with E-state index < -0.39 is 7.25 Å². The average molecular weight is 349 g/mol. The molecule has 1 heterocycles. The van der Waals surface area contributed by atoms with Crippen molar-refractivity contribution in [2.45, 2.75) is 77.6 Å². The summed E-state index contributed by atoms with van der Waals surface area (Å²) < 4.78 is 39.0. The number of rotatable bonds is 12. The van der Waals surface area contributed by atoms with Gasteiger partial charge in [0.1, 0.15) is 5.82 Å². The van der Waals surface area contributed by atoms with Gasteiger partial charge in [0.05, 0.1) is 5.69 Å². The third-order valence-electron chi connectivity index (χ3n) is 3.63. The van der Waals surface area contributed by atoms with E-state index in [1.807, 2.05) is 6.20 Å². The number of nitrogens with one attached hydrogen (secondary N) is 1. The summed E-state index contributed by atoms with van der Waals surface area (Å²) >= 11 is 0. The number of nitrogens with zero attached hydrogens (tertiary/aromatic N) is 1. The first kappa shape index (κ1) is 22.7. The number of aromatic nitrogens is 2. The molecule has 0 saturated heterocycles. The smallest absolute Gasteiger partial charge is 0.418 e. The topological polar surface area (TPSA) is 28.7 Å². The van der Waals surface area contributed by atoms with Crippen LogP contribution in [0.2, 0.25) is 0 Å². The molecule has 0 aliphatic heterocycles. The molecule has 1 rings (SSSR count). The van der Waals surface area contributed by atoms with Gasteiger partial charge in [-0.2, -0.15) is 0 Å². The SMILES string of the molecule is C=Cc1nc(CCCCCCCCCCCC)c[nH]1.F[B-](F)(F)F. The molecule has 0 bridgehead atoms. The molecule has 1 N–H and O–H groups in total. The number of imidazole rings is 1. The van der Waals surface area contributed by atoms with Crippen LogP contribution >= 0.6 is 0 Å². The molecule has 0 aliphatic carbocycles. The molecule has 0 unspecified atom stereocenters. The van der Waals surface area contributed by atoms with Crippen molar-refractivity contribution in [3.8, 4) is 0 Å². The molecule has 24 heavy (non-hydrogen) atoms.